The van der Waals surface area contributed by atoms with Crippen LogP contribution in [-0.2, 0) is 18.4 Å². The Labute approximate surface area is 269 Å². The van der Waals surface area contributed by atoms with Crippen LogP contribution >= 0.6 is 7.82 Å². The van der Waals surface area contributed by atoms with E-state index < -0.39 is 20.0 Å². The molecule has 44 heavy (non-hydrogen) atoms. The molecule has 0 saturated carbocycles. The summed E-state index contributed by atoms with van der Waals surface area (Å²) >= 11 is 0. The fourth-order valence-electron chi connectivity index (χ4n) is 4.71. The van der Waals surface area contributed by atoms with Gasteiger partial charge in [-0.25, -0.2) is 4.57 Å². The number of nitrogens with two attached hydrogens (primary N) is 1. The quantitative estimate of drug-likeness (QED) is 0.0328. The summed E-state index contributed by atoms with van der Waals surface area (Å²) < 4.78 is 21.9. The average molecular weight is 643 g/mol. The van der Waals surface area contributed by atoms with Gasteiger partial charge in [-0.2, -0.15) is 0 Å². The minimum Gasteiger partial charge on any atom is -0.387 e. The van der Waals surface area contributed by atoms with Crippen molar-refractivity contribution in [2.45, 2.75) is 161 Å². The van der Waals surface area contributed by atoms with E-state index in [4.69, 9.17) is 14.8 Å². The minimum atomic E-state index is -4.33. The molecule has 0 saturated heterocycles. The molecule has 0 spiro atoms. The van der Waals surface area contributed by atoms with Gasteiger partial charge in [0.1, 0.15) is 0 Å². The SMILES string of the molecule is CCCC/C=C/CC/C=C/C(O)C(COP(=O)(O)OCCN)NC(=O)CCCCCCCCC/C=C\CCCCCCCC. The predicted octanol–water partition coefficient (Wildman–Crippen LogP) is 8.82. The van der Waals surface area contributed by atoms with E-state index in [2.05, 4.69) is 43.5 Å². The number of allylic oxidation sites excluding steroid dienone is 5. The number of amides is 1. The van der Waals surface area contributed by atoms with Crippen LogP contribution in [0.4, 0.5) is 0 Å². The Bertz CT molecular complexity index is 789. The highest BCUT2D eigenvalue weighted by molar-refractivity contribution is 7.47. The van der Waals surface area contributed by atoms with Gasteiger partial charge in [0.15, 0.2) is 0 Å². The molecule has 9 heteroatoms. The van der Waals surface area contributed by atoms with Crippen molar-refractivity contribution in [3.63, 3.8) is 0 Å². The van der Waals surface area contributed by atoms with Crippen molar-refractivity contribution in [3.05, 3.63) is 36.5 Å². The van der Waals surface area contributed by atoms with Crippen molar-refractivity contribution in [3.8, 4) is 0 Å². The number of phosphoric ester groups is 1. The third-order valence-corrected chi connectivity index (χ3v) is 8.42. The normalized spacial score (nSPS) is 14.9. The number of unbranched alkanes of at least 4 members (excludes halogenated alkanes) is 16. The molecule has 3 atom stereocenters. The Morgan fingerprint density at radius 1 is 0.727 bits per heavy atom. The van der Waals surface area contributed by atoms with Gasteiger partial charge in [0.2, 0.25) is 5.91 Å². The maximum absolute atomic E-state index is 12.6. The Balaban J connectivity index is 4.27. The lowest BCUT2D eigenvalue weighted by Crippen LogP contribution is -2.45. The summed E-state index contributed by atoms with van der Waals surface area (Å²) in [5, 5.41) is 13.5. The van der Waals surface area contributed by atoms with Crippen molar-refractivity contribution < 1.29 is 28.4 Å². The molecule has 3 unspecified atom stereocenters. The highest BCUT2D eigenvalue weighted by atomic mass is 31.2. The first-order valence-corrected chi connectivity index (χ1v) is 19.1. The molecule has 0 aromatic carbocycles. The minimum absolute atomic E-state index is 0.0724. The summed E-state index contributed by atoms with van der Waals surface area (Å²) in [5.74, 6) is -0.215. The zero-order valence-electron chi connectivity index (χ0n) is 28.1. The predicted molar refractivity (Wildman–Crippen MR) is 184 cm³/mol. The van der Waals surface area contributed by atoms with E-state index in [9.17, 15) is 19.4 Å². The van der Waals surface area contributed by atoms with E-state index in [0.717, 1.165) is 38.5 Å². The van der Waals surface area contributed by atoms with E-state index in [1.807, 2.05) is 6.08 Å². The van der Waals surface area contributed by atoms with Crippen molar-refractivity contribution >= 4 is 13.7 Å². The first-order valence-electron chi connectivity index (χ1n) is 17.6. The number of aliphatic hydroxyl groups excluding tert-OH is 1. The van der Waals surface area contributed by atoms with Crippen molar-refractivity contribution in [2.75, 3.05) is 19.8 Å². The Kier molecular flexibility index (Phi) is 30.8. The highest BCUT2D eigenvalue weighted by Gasteiger charge is 2.26. The third-order valence-electron chi connectivity index (χ3n) is 7.44. The highest BCUT2D eigenvalue weighted by Crippen LogP contribution is 2.43. The zero-order valence-corrected chi connectivity index (χ0v) is 29.0. The maximum Gasteiger partial charge on any atom is 0.472 e. The first-order chi connectivity index (χ1) is 21.4. The van der Waals surface area contributed by atoms with Crippen LogP contribution in [0.1, 0.15) is 149 Å². The fraction of sp³-hybridized carbons (Fsp3) is 0.800. The number of carbonyl (C=O) groups excluding carboxylic acids is 1. The molecule has 5 N–H and O–H groups in total. The molecular formula is C35H67N2O6P. The Morgan fingerprint density at radius 3 is 1.82 bits per heavy atom. The van der Waals surface area contributed by atoms with Crippen LogP contribution in [0.25, 0.3) is 0 Å². The average Bonchev–Trinajstić information content (AvgIpc) is 3.01. The van der Waals surface area contributed by atoms with E-state index >= 15 is 0 Å². The van der Waals surface area contributed by atoms with Gasteiger partial charge < -0.3 is 21.1 Å². The number of carbonyl (C=O) groups is 1. The molecular weight excluding hydrogens is 575 g/mol. The molecule has 0 heterocycles. The number of hydrogen-bond acceptors (Lipinski definition) is 6. The van der Waals surface area contributed by atoms with Crippen LogP contribution in [0.3, 0.4) is 0 Å². The van der Waals surface area contributed by atoms with Crippen molar-refractivity contribution in [1.29, 1.82) is 0 Å². The zero-order chi connectivity index (χ0) is 32.6. The van der Waals surface area contributed by atoms with Crippen LogP contribution in [-0.4, -0.2) is 47.8 Å². The molecule has 0 aliphatic heterocycles. The molecule has 0 rings (SSSR count). The lowest BCUT2D eigenvalue weighted by Gasteiger charge is -2.23. The molecule has 0 radical (unpaired) electrons. The number of nitrogens with one attached hydrogen (secondary N) is 1. The van der Waals surface area contributed by atoms with E-state index in [1.54, 1.807) is 6.08 Å². The standard InChI is InChI=1S/C35H67N2O6P/c1-3-5-7-9-11-13-14-15-16-17-18-19-20-21-23-25-27-29-35(39)37-33(32-43-44(40,41)42-31-30-36)34(38)28-26-24-22-12-10-8-6-4-2/h10,12,15-16,26,28,33-34,38H,3-9,11,13-14,17-25,27,29-32,36H2,1-2H3,(H,37,39)(H,40,41)/b12-10+,16-15-,28-26+. The molecule has 0 aliphatic carbocycles. The smallest absolute Gasteiger partial charge is 0.387 e. The van der Waals surface area contributed by atoms with Gasteiger partial charge in [0.25, 0.3) is 0 Å². The van der Waals surface area contributed by atoms with E-state index in [0.29, 0.717) is 6.42 Å². The molecule has 0 aromatic rings. The van der Waals surface area contributed by atoms with Crippen molar-refractivity contribution in [2.24, 2.45) is 5.73 Å². The monoisotopic (exact) mass is 642 g/mol. The first kappa shape index (κ1) is 42.7. The van der Waals surface area contributed by atoms with E-state index in [-0.39, 0.29) is 25.7 Å². The van der Waals surface area contributed by atoms with Crippen molar-refractivity contribution in [1.82, 2.24) is 5.32 Å². The maximum atomic E-state index is 12.6. The van der Waals surface area contributed by atoms with Crippen LogP contribution in [0, 0.1) is 0 Å². The molecule has 0 aliphatic rings. The topological polar surface area (TPSA) is 131 Å². The van der Waals surface area contributed by atoms with Crippen LogP contribution in [0.15, 0.2) is 36.5 Å². The van der Waals surface area contributed by atoms with Gasteiger partial charge >= 0.3 is 7.82 Å². The fourth-order valence-corrected chi connectivity index (χ4v) is 5.47. The second-order valence-corrected chi connectivity index (χ2v) is 13.2. The van der Waals surface area contributed by atoms with Gasteiger partial charge in [-0.1, -0.05) is 127 Å². The van der Waals surface area contributed by atoms with Crippen LogP contribution in [0.2, 0.25) is 0 Å². The molecule has 0 bridgehead atoms. The summed E-state index contributed by atoms with van der Waals surface area (Å²) in [4.78, 5) is 22.5. The lowest BCUT2D eigenvalue weighted by atomic mass is 10.1. The molecule has 258 valence electrons. The largest absolute Gasteiger partial charge is 0.472 e. The van der Waals surface area contributed by atoms with Gasteiger partial charge in [-0.15, -0.1) is 0 Å². The van der Waals surface area contributed by atoms with Gasteiger partial charge in [0.05, 0.1) is 25.4 Å². The Morgan fingerprint density at radius 2 is 1.23 bits per heavy atom. The van der Waals surface area contributed by atoms with Gasteiger partial charge in [-0.05, 0) is 51.4 Å². The number of hydrogen-bond donors (Lipinski definition) is 4. The summed E-state index contributed by atoms with van der Waals surface area (Å²) in [7, 11) is -4.33. The summed E-state index contributed by atoms with van der Waals surface area (Å²) in [6, 6.07) is -0.874. The second-order valence-electron chi connectivity index (χ2n) is 11.7. The van der Waals surface area contributed by atoms with E-state index in [1.165, 1.54) is 89.9 Å². The molecule has 0 fully saturated rings. The molecule has 1 amide bonds. The third kappa shape index (κ3) is 29.4. The summed E-state index contributed by atoms with van der Waals surface area (Å²) in [5.41, 5.74) is 5.33. The molecule has 0 aromatic heterocycles. The number of rotatable bonds is 32. The van der Waals surface area contributed by atoms with Gasteiger partial charge in [0, 0.05) is 13.0 Å². The summed E-state index contributed by atoms with van der Waals surface area (Å²) in [6.07, 6.45) is 34.9. The Hall–Kier alpha value is -1.28. The van der Waals surface area contributed by atoms with Gasteiger partial charge in [-0.3, -0.25) is 13.8 Å². The second kappa shape index (κ2) is 31.7. The lowest BCUT2D eigenvalue weighted by molar-refractivity contribution is -0.123. The number of aliphatic hydroxyl groups is 1. The molecule has 8 nitrogen and oxygen atoms in total. The summed E-state index contributed by atoms with van der Waals surface area (Å²) in [6.45, 7) is 4.00. The van der Waals surface area contributed by atoms with Crippen LogP contribution < -0.4 is 11.1 Å². The number of phosphoric acid groups is 1. The van der Waals surface area contributed by atoms with Crippen LogP contribution in [0.5, 0.6) is 0 Å².